The van der Waals surface area contributed by atoms with Gasteiger partial charge in [-0.3, -0.25) is 0 Å². The first-order valence-corrected chi connectivity index (χ1v) is 7.65. The van der Waals surface area contributed by atoms with Gasteiger partial charge in [-0.05, 0) is 33.4 Å². The Morgan fingerprint density at radius 1 is 1.25 bits per heavy atom. The fourth-order valence-corrected chi connectivity index (χ4v) is 2.40. The van der Waals surface area contributed by atoms with Crippen molar-refractivity contribution < 1.29 is 0 Å². The molecule has 1 rings (SSSR count). The van der Waals surface area contributed by atoms with Crippen LogP contribution >= 0.6 is 11.6 Å². The predicted molar refractivity (Wildman–Crippen MR) is 86.6 cm³/mol. The number of rotatable bonds is 7. The molecule has 1 aromatic heterocycles. The summed E-state index contributed by atoms with van der Waals surface area (Å²) in [6, 6.07) is 0.361. The Morgan fingerprint density at radius 2 is 1.90 bits per heavy atom. The number of likely N-dealkylation sites (N-methyl/N-ethyl adjacent to an activating group) is 1. The number of nitrogens with one attached hydrogen (secondary N) is 1. The molecule has 20 heavy (non-hydrogen) atoms. The molecule has 0 fully saturated rings. The summed E-state index contributed by atoms with van der Waals surface area (Å²) in [4.78, 5) is 11.1. The average molecular weight is 299 g/mol. The highest BCUT2D eigenvalue weighted by atomic mass is 35.5. The second-order valence-electron chi connectivity index (χ2n) is 5.99. The zero-order valence-corrected chi connectivity index (χ0v) is 14.3. The largest absolute Gasteiger partial charge is 0.366 e. The first-order valence-electron chi connectivity index (χ1n) is 7.27. The molecule has 114 valence electrons. The van der Waals surface area contributed by atoms with Gasteiger partial charge in [0.2, 0.25) is 0 Å². The zero-order valence-electron chi connectivity index (χ0n) is 13.5. The molecule has 0 saturated heterocycles. The zero-order chi connectivity index (χ0) is 15.3. The Kier molecular flexibility index (Phi) is 6.69. The van der Waals surface area contributed by atoms with E-state index in [-0.39, 0.29) is 0 Å². The van der Waals surface area contributed by atoms with Gasteiger partial charge in [-0.1, -0.05) is 32.4 Å². The standard InChI is InChI=1S/C15H27ClN4/c1-7-13-18-14(16)11(4)15(19-13)17-12(8-10(2)3)9-20(5)6/h10,12H,7-9H2,1-6H3,(H,17,18,19). The van der Waals surface area contributed by atoms with Gasteiger partial charge in [0, 0.05) is 24.6 Å². The Labute approximate surface area is 127 Å². The monoisotopic (exact) mass is 298 g/mol. The summed E-state index contributed by atoms with van der Waals surface area (Å²) in [7, 11) is 4.18. The summed E-state index contributed by atoms with van der Waals surface area (Å²) in [5.41, 5.74) is 0.927. The summed E-state index contributed by atoms with van der Waals surface area (Å²) < 4.78 is 0. The fourth-order valence-electron chi connectivity index (χ4n) is 2.21. The van der Waals surface area contributed by atoms with Crippen LogP contribution in [-0.4, -0.2) is 41.5 Å². The Bertz CT molecular complexity index is 422. The molecule has 1 unspecified atom stereocenters. The third-order valence-corrected chi connectivity index (χ3v) is 3.50. The van der Waals surface area contributed by atoms with Crippen molar-refractivity contribution >= 4 is 17.4 Å². The third kappa shape index (κ3) is 5.25. The van der Waals surface area contributed by atoms with E-state index >= 15 is 0 Å². The van der Waals surface area contributed by atoms with E-state index in [1.807, 2.05) is 13.8 Å². The van der Waals surface area contributed by atoms with E-state index in [0.717, 1.165) is 36.6 Å². The number of hydrogen-bond acceptors (Lipinski definition) is 4. The van der Waals surface area contributed by atoms with Crippen molar-refractivity contribution in [1.82, 2.24) is 14.9 Å². The maximum atomic E-state index is 6.19. The first kappa shape index (κ1) is 17.2. The van der Waals surface area contributed by atoms with Crippen LogP contribution in [0.25, 0.3) is 0 Å². The van der Waals surface area contributed by atoms with Crippen LogP contribution in [0.2, 0.25) is 5.15 Å². The Hall–Kier alpha value is -0.870. The lowest BCUT2D eigenvalue weighted by Crippen LogP contribution is -2.34. The SMILES string of the molecule is CCc1nc(Cl)c(C)c(NC(CC(C)C)CN(C)C)n1. The van der Waals surface area contributed by atoms with Gasteiger partial charge in [-0.15, -0.1) is 0 Å². The molecule has 1 atom stereocenters. The topological polar surface area (TPSA) is 41.1 Å². The van der Waals surface area contributed by atoms with E-state index in [1.165, 1.54) is 0 Å². The first-order chi connectivity index (χ1) is 9.33. The molecule has 0 radical (unpaired) electrons. The second kappa shape index (κ2) is 7.79. The molecule has 1 aromatic rings. The van der Waals surface area contributed by atoms with Crippen molar-refractivity contribution in [3.05, 3.63) is 16.5 Å². The van der Waals surface area contributed by atoms with Crippen molar-refractivity contribution in [1.29, 1.82) is 0 Å². The molecule has 5 heteroatoms. The highest BCUT2D eigenvalue weighted by molar-refractivity contribution is 6.30. The number of hydrogen-bond donors (Lipinski definition) is 1. The normalized spacial score (nSPS) is 13.1. The van der Waals surface area contributed by atoms with E-state index in [1.54, 1.807) is 0 Å². The minimum Gasteiger partial charge on any atom is -0.366 e. The van der Waals surface area contributed by atoms with Crippen molar-refractivity contribution in [3.8, 4) is 0 Å². The molecule has 0 spiro atoms. The van der Waals surface area contributed by atoms with Crippen LogP contribution in [0.3, 0.4) is 0 Å². The fraction of sp³-hybridized carbons (Fsp3) is 0.733. The predicted octanol–water partition coefficient (Wildman–Crippen LogP) is 3.39. The van der Waals surface area contributed by atoms with Crippen LogP contribution in [0.1, 0.15) is 38.6 Å². The highest BCUT2D eigenvalue weighted by Gasteiger charge is 2.16. The molecule has 0 aliphatic rings. The van der Waals surface area contributed by atoms with E-state index in [4.69, 9.17) is 11.6 Å². The Morgan fingerprint density at radius 3 is 2.40 bits per heavy atom. The van der Waals surface area contributed by atoms with Crippen LogP contribution in [0, 0.1) is 12.8 Å². The number of aryl methyl sites for hydroxylation is 1. The summed E-state index contributed by atoms with van der Waals surface area (Å²) in [6.07, 6.45) is 1.89. The van der Waals surface area contributed by atoms with Gasteiger partial charge in [-0.25, -0.2) is 9.97 Å². The number of halogens is 1. The molecule has 1 heterocycles. The molecule has 1 N–H and O–H groups in total. The number of anilines is 1. The van der Waals surface area contributed by atoms with Crippen LogP contribution < -0.4 is 5.32 Å². The van der Waals surface area contributed by atoms with Gasteiger partial charge in [0.05, 0.1) is 0 Å². The maximum absolute atomic E-state index is 6.19. The second-order valence-corrected chi connectivity index (χ2v) is 6.35. The molecular weight excluding hydrogens is 272 g/mol. The van der Waals surface area contributed by atoms with Crippen LogP contribution in [0.15, 0.2) is 0 Å². The molecule has 0 bridgehead atoms. The van der Waals surface area contributed by atoms with Gasteiger partial charge in [0.1, 0.15) is 16.8 Å². The molecule has 0 saturated carbocycles. The van der Waals surface area contributed by atoms with Crippen molar-refractivity contribution in [3.63, 3.8) is 0 Å². The van der Waals surface area contributed by atoms with Gasteiger partial charge in [0.25, 0.3) is 0 Å². The van der Waals surface area contributed by atoms with E-state index in [0.29, 0.717) is 17.1 Å². The lowest BCUT2D eigenvalue weighted by molar-refractivity contribution is 0.356. The van der Waals surface area contributed by atoms with Gasteiger partial charge in [-0.2, -0.15) is 0 Å². The average Bonchev–Trinajstić information content (AvgIpc) is 2.32. The summed E-state index contributed by atoms with van der Waals surface area (Å²) in [6.45, 7) is 9.45. The summed E-state index contributed by atoms with van der Waals surface area (Å²) in [5.74, 6) is 2.29. The lowest BCUT2D eigenvalue weighted by Gasteiger charge is -2.25. The van der Waals surface area contributed by atoms with Gasteiger partial charge in [0.15, 0.2) is 0 Å². The van der Waals surface area contributed by atoms with E-state index in [9.17, 15) is 0 Å². The third-order valence-electron chi connectivity index (χ3n) is 3.13. The molecular formula is C15H27ClN4. The quantitative estimate of drug-likeness (QED) is 0.784. The van der Waals surface area contributed by atoms with E-state index < -0.39 is 0 Å². The van der Waals surface area contributed by atoms with Gasteiger partial charge < -0.3 is 10.2 Å². The smallest absolute Gasteiger partial charge is 0.137 e. The number of nitrogens with zero attached hydrogens (tertiary/aromatic N) is 3. The lowest BCUT2D eigenvalue weighted by atomic mass is 10.0. The minimum absolute atomic E-state index is 0.361. The van der Waals surface area contributed by atoms with Crippen molar-refractivity contribution in [2.45, 2.75) is 46.6 Å². The van der Waals surface area contributed by atoms with Crippen LogP contribution in [0.5, 0.6) is 0 Å². The van der Waals surface area contributed by atoms with Crippen LogP contribution in [0.4, 0.5) is 5.82 Å². The maximum Gasteiger partial charge on any atom is 0.137 e. The molecule has 0 aliphatic heterocycles. The van der Waals surface area contributed by atoms with E-state index in [2.05, 4.69) is 48.1 Å². The Balaban J connectivity index is 2.94. The van der Waals surface area contributed by atoms with Crippen molar-refractivity contribution in [2.75, 3.05) is 26.0 Å². The molecule has 4 nitrogen and oxygen atoms in total. The summed E-state index contributed by atoms with van der Waals surface area (Å²) >= 11 is 6.19. The molecule has 0 aliphatic carbocycles. The molecule has 0 amide bonds. The summed E-state index contributed by atoms with van der Waals surface area (Å²) in [5, 5.41) is 4.10. The minimum atomic E-state index is 0.361. The molecule has 0 aromatic carbocycles. The van der Waals surface area contributed by atoms with Gasteiger partial charge >= 0.3 is 0 Å². The van der Waals surface area contributed by atoms with Crippen molar-refractivity contribution in [2.24, 2.45) is 5.92 Å². The van der Waals surface area contributed by atoms with Crippen LogP contribution in [-0.2, 0) is 6.42 Å². The highest BCUT2D eigenvalue weighted by Crippen LogP contribution is 2.22. The number of aromatic nitrogens is 2.